The quantitative estimate of drug-likeness (QED) is 0.0934. The van der Waals surface area contributed by atoms with E-state index in [4.69, 9.17) is 9.47 Å². The Morgan fingerprint density at radius 2 is 1.31 bits per heavy atom. The van der Waals surface area contributed by atoms with Crippen LogP contribution in [0.2, 0.25) is 0 Å². The minimum absolute atomic E-state index is 0. The Morgan fingerprint density at radius 3 is 1.84 bits per heavy atom. The zero-order valence-corrected chi connectivity index (χ0v) is 43.8. The molecule has 0 bridgehead atoms. The van der Waals surface area contributed by atoms with E-state index in [1.165, 1.54) is 37.0 Å². The molecule has 1 saturated heterocycles. The Labute approximate surface area is 395 Å². The normalized spacial score (nSPS) is 13.3. The fourth-order valence-corrected chi connectivity index (χ4v) is 7.40. The van der Waals surface area contributed by atoms with Crippen molar-refractivity contribution < 1.29 is 25.3 Å². The third kappa shape index (κ3) is 20.1. The first kappa shape index (κ1) is 59.4. The molecule has 5 rings (SSSR count). The van der Waals surface area contributed by atoms with Crippen molar-refractivity contribution in [2.24, 2.45) is 0 Å². The van der Waals surface area contributed by atoms with Gasteiger partial charge in [0, 0.05) is 42.8 Å². The summed E-state index contributed by atoms with van der Waals surface area (Å²) < 4.78 is 11.6. The molecule has 0 radical (unpaired) electrons. The lowest BCUT2D eigenvalue weighted by Crippen LogP contribution is -2.53. The van der Waals surface area contributed by atoms with Crippen LogP contribution in [0.4, 0.5) is 0 Å². The zero-order valence-electron chi connectivity index (χ0n) is 42.9. The Kier molecular flexibility index (Phi) is 29.8. The van der Waals surface area contributed by atoms with Gasteiger partial charge in [0.25, 0.3) is 5.91 Å². The summed E-state index contributed by atoms with van der Waals surface area (Å²) in [7, 11) is 0. The van der Waals surface area contributed by atoms with Crippen LogP contribution < -0.4 is 10.1 Å². The monoisotopic (exact) mass is 905 g/mol. The minimum Gasteiger partial charge on any atom is -0.494 e. The molecule has 0 unspecified atom stereocenters. The van der Waals surface area contributed by atoms with Crippen molar-refractivity contribution in [3.63, 3.8) is 0 Å². The predicted molar refractivity (Wildman–Crippen MR) is 275 cm³/mol. The smallest absolute Gasteiger partial charge is 0.329 e. The van der Waals surface area contributed by atoms with Gasteiger partial charge in [0.2, 0.25) is 5.91 Å². The molecule has 0 spiro atoms. The number of nitrogens with one attached hydrogen (secondary N) is 1. The van der Waals surface area contributed by atoms with Gasteiger partial charge in [0.15, 0.2) is 5.82 Å². The molecular formula is C54H88N4O5S. The molecule has 1 N–H and O–H groups in total. The molecule has 4 aromatic rings. The molecule has 1 aliphatic heterocycles. The van der Waals surface area contributed by atoms with Crippen molar-refractivity contribution in [3.8, 4) is 28.3 Å². The van der Waals surface area contributed by atoms with Gasteiger partial charge in [-0.3, -0.25) is 9.59 Å². The fraction of sp³-hybridized carbons (Fsp3) is 0.574. The summed E-state index contributed by atoms with van der Waals surface area (Å²) in [6.07, 6.45) is 11.1. The van der Waals surface area contributed by atoms with E-state index in [0.29, 0.717) is 30.1 Å². The maximum Gasteiger partial charge on any atom is 0.329 e. The Balaban J connectivity index is 0. The number of carbonyl (C=O) groups is 3. The van der Waals surface area contributed by atoms with Gasteiger partial charge < -0.3 is 19.7 Å². The highest BCUT2D eigenvalue weighted by molar-refractivity contribution is 7.14. The second-order valence-corrected chi connectivity index (χ2v) is 17.2. The number of unbranched alkanes of at least 4 members (excludes halogenated alkanes) is 4. The van der Waals surface area contributed by atoms with E-state index >= 15 is 0 Å². The van der Waals surface area contributed by atoms with Crippen LogP contribution in [0.3, 0.4) is 0 Å². The van der Waals surface area contributed by atoms with Crippen LogP contribution in [-0.4, -0.2) is 63.5 Å². The number of benzene rings is 2. The molecule has 2 atom stereocenters. The first-order chi connectivity index (χ1) is 30.7. The number of rotatable bonds is 15. The predicted octanol–water partition coefficient (Wildman–Crippen LogP) is 14.6. The highest BCUT2D eigenvalue weighted by Crippen LogP contribution is 2.30. The summed E-state index contributed by atoms with van der Waals surface area (Å²) in [6, 6.07) is 17.9. The summed E-state index contributed by atoms with van der Waals surface area (Å²) >= 11 is 1.43. The van der Waals surface area contributed by atoms with Gasteiger partial charge in [-0.25, -0.2) is 14.8 Å². The molecule has 2 aromatic heterocycles. The van der Waals surface area contributed by atoms with Gasteiger partial charge in [-0.15, -0.1) is 11.3 Å². The van der Waals surface area contributed by atoms with Gasteiger partial charge in [0.1, 0.15) is 23.4 Å². The SMILES string of the molecule is CC.CC.CC.CC.CC.CCCCCCCOc1ccc(-c2cnc(-c3ccc(C[C@H](NC(=O)c4ccc(C(C)(C)C)s4)C(=O)N4CCC[C@H]4C(=O)OC(C)(C)C)cc3)nc2)cc1.[HH]. The summed E-state index contributed by atoms with van der Waals surface area (Å²) in [6.45, 7) is 35.1. The van der Waals surface area contributed by atoms with Crippen LogP contribution in [0.25, 0.3) is 22.5 Å². The third-order valence-corrected chi connectivity index (χ3v) is 10.9. The highest BCUT2D eigenvalue weighted by atomic mass is 32.1. The zero-order chi connectivity index (χ0) is 48.9. The average molecular weight is 905 g/mol. The van der Waals surface area contributed by atoms with Gasteiger partial charge >= 0.3 is 5.97 Å². The number of ether oxygens (including phenoxy) is 2. The van der Waals surface area contributed by atoms with Crippen LogP contribution in [0, 0.1) is 0 Å². The lowest BCUT2D eigenvalue weighted by Gasteiger charge is -2.30. The lowest BCUT2D eigenvalue weighted by atomic mass is 9.95. The van der Waals surface area contributed by atoms with Crippen molar-refractivity contribution in [1.29, 1.82) is 0 Å². The van der Waals surface area contributed by atoms with Crippen LogP contribution in [0.15, 0.2) is 73.1 Å². The van der Waals surface area contributed by atoms with Gasteiger partial charge in [0.05, 0.1) is 11.5 Å². The maximum atomic E-state index is 14.2. The van der Waals surface area contributed by atoms with Crippen molar-refractivity contribution in [2.45, 2.75) is 192 Å². The highest BCUT2D eigenvalue weighted by Gasteiger charge is 2.40. The molecular weight excluding hydrogens is 817 g/mol. The molecule has 360 valence electrons. The fourth-order valence-electron chi connectivity index (χ4n) is 6.43. The number of nitrogens with zero attached hydrogens (tertiary/aromatic N) is 3. The summed E-state index contributed by atoms with van der Waals surface area (Å²) in [5, 5.41) is 3.02. The molecule has 10 heteroatoms. The summed E-state index contributed by atoms with van der Waals surface area (Å²) in [5.41, 5.74) is 2.82. The van der Waals surface area contributed by atoms with E-state index in [-0.39, 0.29) is 25.1 Å². The van der Waals surface area contributed by atoms with E-state index in [2.05, 4.69) is 43.0 Å². The molecule has 1 fully saturated rings. The number of likely N-dealkylation sites (tertiary alicyclic amines) is 1. The number of amides is 2. The van der Waals surface area contributed by atoms with E-state index in [1.807, 2.05) is 163 Å². The number of thiophene rings is 1. The molecule has 0 aliphatic carbocycles. The van der Waals surface area contributed by atoms with Crippen LogP contribution in [0.5, 0.6) is 5.75 Å². The van der Waals surface area contributed by atoms with E-state index in [0.717, 1.165) is 45.9 Å². The van der Waals surface area contributed by atoms with Crippen LogP contribution in [0.1, 0.15) is 184 Å². The van der Waals surface area contributed by atoms with Crippen LogP contribution >= 0.6 is 11.3 Å². The van der Waals surface area contributed by atoms with Crippen molar-refractivity contribution in [2.75, 3.05) is 13.2 Å². The summed E-state index contributed by atoms with van der Waals surface area (Å²) in [4.78, 5) is 53.4. The Morgan fingerprint density at radius 1 is 0.750 bits per heavy atom. The second-order valence-electron chi connectivity index (χ2n) is 16.1. The van der Waals surface area contributed by atoms with E-state index in [9.17, 15) is 14.4 Å². The molecule has 9 nitrogen and oxygen atoms in total. The van der Waals surface area contributed by atoms with Crippen LogP contribution in [-0.2, 0) is 26.2 Å². The number of esters is 1. The largest absolute Gasteiger partial charge is 0.494 e. The van der Waals surface area contributed by atoms with Crippen molar-refractivity contribution in [1.82, 2.24) is 20.2 Å². The standard InChI is InChI=1S/C44H56N4O5S.5C2H6.H2/c1-8-9-10-11-12-26-52-34-21-19-31(20-22-34)33-28-45-39(46-29-33)32-17-15-30(16-18-32)27-35(47-40(49)37-23-24-38(54-37)43(2,3)4)41(50)48-25-13-14-36(48)42(51)53-44(5,6)7;5*1-2;/h15-24,28-29,35-36H,8-14,25-27H2,1-7H3,(H,47,49);5*1-2H3;1H/t35-,36-;;;;;;/m0....../s1. The summed E-state index contributed by atoms with van der Waals surface area (Å²) in [5.74, 6) is 0.413. The number of hydrogen-bond donors (Lipinski definition) is 1. The molecule has 0 saturated carbocycles. The number of aromatic nitrogens is 2. The maximum absolute atomic E-state index is 14.2. The molecule has 3 heterocycles. The molecule has 64 heavy (non-hydrogen) atoms. The molecule has 1 aliphatic rings. The average Bonchev–Trinajstić information content (AvgIpc) is 4.03. The number of carbonyl (C=O) groups excluding carboxylic acids is 3. The van der Waals surface area contributed by atoms with Crippen molar-refractivity contribution >= 4 is 29.1 Å². The van der Waals surface area contributed by atoms with Gasteiger partial charge in [-0.2, -0.15) is 0 Å². The third-order valence-electron chi connectivity index (χ3n) is 9.40. The molecule has 2 aromatic carbocycles. The second kappa shape index (κ2) is 32.1. The number of hydrogen-bond acceptors (Lipinski definition) is 8. The Hall–Kier alpha value is -4.57. The first-order valence-electron chi connectivity index (χ1n) is 24.3. The minimum atomic E-state index is -0.885. The lowest BCUT2D eigenvalue weighted by molar-refractivity contribution is -0.163. The first-order valence-corrected chi connectivity index (χ1v) is 25.1. The van der Waals surface area contributed by atoms with Crippen molar-refractivity contribution in [3.05, 3.63) is 88.4 Å². The molecule has 2 amide bonds. The Bertz CT molecular complexity index is 1850. The van der Waals surface area contributed by atoms with Gasteiger partial charge in [-0.1, -0.05) is 159 Å². The van der Waals surface area contributed by atoms with E-state index in [1.54, 1.807) is 4.90 Å². The topological polar surface area (TPSA) is 111 Å². The van der Waals surface area contributed by atoms with E-state index < -0.39 is 23.7 Å². The van der Waals surface area contributed by atoms with Gasteiger partial charge in [-0.05, 0) is 80.8 Å².